The molecule has 1 atom stereocenters. The molecule has 27 heavy (non-hydrogen) atoms. The molecule has 0 bridgehead atoms. The van der Waals surface area contributed by atoms with Gasteiger partial charge in [-0.3, -0.25) is 0 Å². The third-order valence-corrected chi connectivity index (χ3v) is 4.82. The summed E-state index contributed by atoms with van der Waals surface area (Å²) in [6.45, 7) is 1.62. The molecule has 1 N–H and O–H groups in total. The van der Waals surface area contributed by atoms with E-state index in [4.69, 9.17) is 1.37 Å². The molecule has 7 heteroatoms. The van der Waals surface area contributed by atoms with Crippen LogP contribution in [0.2, 0.25) is 0 Å². The molecule has 2 aromatic carbocycles. The van der Waals surface area contributed by atoms with Crippen molar-refractivity contribution in [3.63, 3.8) is 0 Å². The highest BCUT2D eigenvalue weighted by Crippen LogP contribution is 2.26. The number of fused-ring (bicyclic) bond motifs is 2. The summed E-state index contributed by atoms with van der Waals surface area (Å²) in [6.07, 6.45) is 4.10. The lowest BCUT2D eigenvalue weighted by atomic mass is 10.2. The van der Waals surface area contributed by atoms with Crippen LogP contribution in [0.3, 0.4) is 0 Å². The van der Waals surface area contributed by atoms with E-state index in [0.717, 1.165) is 36.2 Å². The van der Waals surface area contributed by atoms with Gasteiger partial charge in [-0.2, -0.15) is 0 Å². The van der Waals surface area contributed by atoms with Gasteiger partial charge in [-0.25, -0.2) is 24.3 Å². The highest BCUT2D eigenvalue weighted by molar-refractivity contribution is 5.89. The monoisotopic (exact) mass is 361 g/mol. The topological polar surface area (TPSA) is 66.8 Å². The van der Waals surface area contributed by atoms with E-state index < -0.39 is 0 Å². The smallest absolute Gasteiger partial charge is 0.223 e. The Labute approximate surface area is 156 Å². The first kappa shape index (κ1) is 14.8. The summed E-state index contributed by atoms with van der Waals surface area (Å²) in [5.74, 6) is 1.12. The van der Waals surface area contributed by atoms with Crippen LogP contribution in [0.5, 0.6) is 0 Å². The van der Waals surface area contributed by atoms with Gasteiger partial charge in [0, 0.05) is 36.1 Å². The van der Waals surface area contributed by atoms with Crippen LogP contribution in [0, 0.1) is 5.82 Å². The molecule has 134 valence electrons. The third kappa shape index (κ3) is 3.01. The van der Waals surface area contributed by atoms with E-state index >= 15 is 0 Å². The van der Waals surface area contributed by atoms with Gasteiger partial charge in [0.15, 0.2) is 0 Å². The lowest BCUT2D eigenvalue weighted by Gasteiger charge is -2.19. The minimum absolute atomic E-state index is 0.179. The lowest BCUT2D eigenvalue weighted by molar-refractivity contribution is 0.629. The first-order valence-corrected chi connectivity index (χ1v) is 8.81. The van der Waals surface area contributed by atoms with Crippen molar-refractivity contribution in [2.45, 2.75) is 12.5 Å². The highest BCUT2D eigenvalue weighted by Gasteiger charge is 2.25. The number of nitrogens with zero attached hydrogens (tertiary/aromatic N) is 5. The molecule has 0 aliphatic carbocycles. The fourth-order valence-corrected chi connectivity index (χ4v) is 3.51. The number of anilines is 2. The molecule has 4 aromatic rings. The second kappa shape index (κ2) is 6.42. The van der Waals surface area contributed by atoms with E-state index in [1.54, 1.807) is 30.7 Å². The van der Waals surface area contributed by atoms with Gasteiger partial charge in [-0.05, 0) is 36.8 Å². The average Bonchev–Trinajstić information content (AvgIpc) is 3.15. The van der Waals surface area contributed by atoms with E-state index in [-0.39, 0.29) is 11.9 Å². The van der Waals surface area contributed by atoms with Crippen LogP contribution in [0.1, 0.15) is 7.79 Å². The molecule has 5 rings (SSSR count). The summed E-state index contributed by atoms with van der Waals surface area (Å²) in [5.41, 5.74) is 1.49. The molecule has 1 aliphatic heterocycles. The van der Waals surface area contributed by atoms with Crippen molar-refractivity contribution in [2.24, 2.45) is 0 Å². The molecule has 3 heterocycles. The molecule has 1 unspecified atom stereocenters. The lowest BCUT2D eigenvalue weighted by Crippen LogP contribution is -2.27. The van der Waals surface area contributed by atoms with E-state index in [0.29, 0.717) is 22.9 Å². The predicted octanol–water partition coefficient (Wildman–Crippen LogP) is 3.40. The molecule has 0 amide bonds. The summed E-state index contributed by atoms with van der Waals surface area (Å²) in [6, 6.07) is 10.5. The molecular formula is C20H17FN6. The van der Waals surface area contributed by atoms with Crippen molar-refractivity contribution in [3.8, 4) is 0 Å². The zero-order valence-corrected chi connectivity index (χ0v) is 14.4. The van der Waals surface area contributed by atoms with Crippen molar-refractivity contribution >= 4 is 33.6 Å². The van der Waals surface area contributed by atoms with Gasteiger partial charge in [0.05, 0.1) is 12.4 Å². The number of aromatic nitrogens is 4. The molecular weight excluding hydrogens is 343 g/mol. The molecule has 1 saturated heterocycles. The van der Waals surface area contributed by atoms with Crippen LogP contribution in [-0.4, -0.2) is 39.1 Å². The van der Waals surface area contributed by atoms with Gasteiger partial charge in [0.2, 0.25) is 5.95 Å². The fraction of sp³-hybridized carbons (Fsp3) is 0.200. The number of nitrogens with one attached hydrogen (secondary N) is 1. The predicted molar refractivity (Wildman–Crippen MR) is 103 cm³/mol. The van der Waals surface area contributed by atoms with E-state index in [9.17, 15) is 4.39 Å². The van der Waals surface area contributed by atoms with E-state index in [1.165, 1.54) is 12.1 Å². The molecule has 2 aromatic heterocycles. The Morgan fingerprint density at radius 1 is 1.15 bits per heavy atom. The fourth-order valence-electron chi connectivity index (χ4n) is 3.51. The Balaban J connectivity index is 1.36. The average molecular weight is 361 g/mol. The van der Waals surface area contributed by atoms with Crippen LogP contribution >= 0.6 is 0 Å². The van der Waals surface area contributed by atoms with Crippen molar-refractivity contribution < 1.29 is 5.76 Å². The zero-order chi connectivity index (χ0) is 19.1. The highest BCUT2D eigenvalue weighted by atomic mass is 19.1. The van der Waals surface area contributed by atoms with Crippen LogP contribution in [-0.2, 0) is 0 Å². The number of benzene rings is 2. The van der Waals surface area contributed by atoms with Crippen LogP contribution in [0.15, 0.2) is 55.0 Å². The first-order chi connectivity index (χ1) is 13.7. The Morgan fingerprint density at radius 2 is 2.11 bits per heavy atom. The maximum Gasteiger partial charge on any atom is 0.223 e. The molecule has 0 radical (unpaired) electrons. The van der Waals surface area contributed by atoms with Crippen LogP contribution in [0.4, 0.5) is 16.2 Å². The minimum Gasteiger partial charge on any atom is -0.354 e. The van der Waals surface area contributed by atoms with Crippen LogP contribution < -0.4 is 10.2 Å². The number of para-hydroxylation sites is 1. The number of hydrogen-bond donors (Lipinski definition) is 1. The first-order valence-electron chi connectivity index (χ1n) is 9.31. The van der Waals surface area contributed by atoms with E-state index in [2.05, 4.69) is 30.2 Å². The Morgan fingerprint density at radius 3 is 3.07 bits per heavy atom. The number of rotatable bonds is 3. The summed E-state index contributed by atoms with van der Waals surface area (Å²) in [5, 5.41) is 5.00. The van der Waals surface area contributed by atoms with Gasteiger partial charge in [0.1, 0.15) is 18.0 Å². The zero-order valence-electron chi connectivity index (χ0n) is 15.4. The largest absolute Gasteiger partial charge is 0.354 e. The van der Waals surface area contributed by atoms with Crippen molar-refractivity contribution in [1.82, 2.24) is 19.9 Å². The summed E-state index contributed by atoms with van der Waals surface area (Å²) >= 11 is 0. The van der Waals surface area contributed by atoms with E-state index in [1.807, 2.05) is 6.07 Å². The third-order valence-electron chi connectivity index (χ3n) is 4.82. The van der Waals surface area contributed by atoms with Gasteiger partial charge < -0.3 is 10.2 Å². The maximum atomic E-state index is 13.3. The minimum atomic E-state index is -0.294. The molecule has 1 fully saturated rings. The van der Waals surface area contributed by atoms with Gasteiger partial charge in [-0.15, -0.1) is 0 Å². The normalized spacial score (nSPS) is 17.4. The SMILES string of the molecule is [2H]c1ccc2c(N3CCC(Nc4ncc5cc(F)ccc5n4)C3)ncnc2c1. The summed E-state index contributed by atoms with van der Waals surface area (Å²) in [4.78, 5) is 19.8. The molecule has 0 spiro atoms. The van der Waals surface area contributed by atoms with Gasteiger partial charge in [0.25, 0.3) is 0 Å². The quantitative estimate of drug-likeness (QED) is 0.603. The molecule has 6 nitrogen and oxygen atoms in total. The van der Waals surface area contributed by atoms with Crippen molar-refractivity contribution in [3.05, 3.63) is 60.8 Å². The second-order valence-corrected chi connectivity index (χ2v) is 6.61. The number of hydrogen-bond acceptors (Lipinski definition) is 6. The summed E-state index contributed by atoms with van der Waals surface area (Å²) in [7, 11) is 0. The summed E-state index contributed by atoms with van der Waals surface area (Å²) < 4.78 is 21.1. The Bertz CT molecular complexity index is 1180. The molecule has 0 saturated carbocycles. The van der Waals surface area contributed by atoms with Gasteiger partial charge in [-0.1, -0.05) is 12.1 Å². The van der Waals surface area contributed by atoms with Gasteiger partial charge >= 0.3 is 0 Å². The second-order valence-electron chi connectivity index (χ2n) is 6.61. The van der Waals surface area contributed by atoms with Crippen molar-refractivity contribution in [2.75, 3.05) is 23.3 Å². The maximum absolute atomic E-state index is 13.3. The Hall–Kier alpha value is -3.35. The molecule has 1 aliphatic rings. The van der Waals surface area contributed by atoms with Crippen LogP contribution in [0.25, 0.3) is 21.8 Å². The number of halogens is 1. The van der Waals surface area contributed by atoms with Crippen molar-refractivity contribution in [1.29, 1.82) is 0 Å². The Kier molecular flexibility index (Phi) is 3.52. The standard InChI is InChI=1S/C20H17FN6/c21-14-5-6-17-13(9-14)10-22-20(26-17)25-15-7-8-27(11-15)19-16-3-1-2-4-18(16)23-12-24-19/h1-6,9-10,12,15H,7-8,11H2,(H,22,25,26)/i2D.